The van der Waals surface area contributed by atoms with Crippen LogP contribution in [0.15, 0.2) is 12.1 Å². The molecule has 0 fully saturated rings. The van der Waals surface area contributed by atoms with Crippen LogP contribution in [0.5, 0.6) is 11.5 Å². The first-order chi connectivity index (χ1) is 6.06. The largest absolute Gasteiger partial charge is 0.508 e. The molecule has 0 saturated carbocycles. The molecule has 0 aliphatic rings. The van der Waals surface area contributed by atoms with Crippen LogP contribution in [-0.2, 0) is 0 Å². The van der Waals surface area contributed by atoms with Gasteiger partial charge in [0.2, 0.25) is 0 Å². The van der Waals surface area contributed by atoms with Gasteiger partial charge in [-0.3, -0.25) is 4.79 Å². The minimum Gasteiger partial charge on any atom is -0.508 e. The minimum absolute atomic E-state index is 0.0312. The third-order valence-corrected chi connectivity index (χ3v) is 1.73. The maximum Gasteiger partial charge on any atom is 0.162 e. The highest BCUT2D eigenvalue weighted by Gasteiger charge is 2.11. The number of anilines is 1. The fourth-order valence-electron chi connectivity index (χ4n) is 1.07. The number of aromatic hydroxyl groups is 1. The number of nitrogen functional groups attached to an aromatic ring is 1. The molecule has 0 aliphatic carbocycles. The number of ketones is 1. The zero-order valence-corrected chi connectivity index (χ0v) is 7.50. The Balaban J connectivity index is 3.35. The number of carbonyl (C=O) groups is 1. The van der Waals surface area contributed by atoms with Gasteiger partial charge < -0.3 is 15.6 Å². The second-order valence-corrected chi connectivity index (χ2v) is 2.67. The van der Waals surface area contributed by atoms with Gasteiger partial charge in [0.15, 0.2) is 5.78 Å². The molecule has 0 aromatic heterocycles. The maximum absolute atomic E-state index is 11.0. The molecule has 4 heteroatoms. The van der Waals surface area contributed by atoms with E-state index in [-0.39, 0.29) is 22.8 Å². The Bertz CT molecular complexity index is 347. The molecule has 0 saturated heterocycles. The van der Waals surface area contributed by atoms with Gasteiger partial charge in [-0.1, -0.05) is 0 Å². The van der Waals surface area contributed by atoms with E-state index in [1.165, 1.54) is 26.2 Å². The molecule has 0 amide bonds. The number of phenols is 1. The number of ether oxygens (including phenoxy) is 1. The van der Waals surface area contributed by atoms with Crippen molar-refractivity contribution >= 4 is 11.5 Å². The first-order valence-electron chi connectivity index (χ1n) is 3.73. The van der Waals surface area contributed by atoms with Crippen molar-refractivity contribution < 1.29 is 14.6 Å². The van der Waals surface area contributed by atoms with Crippen LogP contribution in [-0.4, -0.2) is 18.0 Å². The molecule has 13 heavy (non-hydrogen) atoms. The highest BCUT2D eigenvalue weighted by molar-refractivity contribution is 6.00. The first kappa shape index (κ1) is 9.38. The van der Waals surface area contributed by atoms with Gasteiger partial charge >= 0.3 is 0 Å². The zero-order valence-electron chi connectivity index (χ0n) is 7.50. The maximum atomic E-state index is 11.0. The number of hydrogen-bond donors (Lipinski definition) is 2. The van der Waals surface area contributed by atoms with Gasteiger partial charge in [-0.15, -0.1) is 0 Å². The summed E-state index contributed by atoms with van der Waals surface area (Å²) in [6.45, 7) is 1.38. The summed E-state index contributed by atoms with van der Waals surface area (Å²) < 4.78 is 4.88. The molecule has 0 radical (unpaired) electrons. The minimum atomic E-state index is -0.202. The van der Waals surface area contributed by atoms with Crippen LogP contribution in [0.4, 0.5) is 5.69 Å². The molecule has 1 aromatic rings. The van der Waals surface area contributed by atoms with Gasteiger partial charge in [-0.05, 0) is 13.0 Å². The lowest BCUT2D eigenvalue weighted by Gasteiger charge is -2.08. The van der Waals surface area contributed by atoms with E-state index >= 15 is 0 Å². The smallest absolute Gasteiger partial charge is 0.162 e. The van der Waals surface area contributed by atoms with Crippen LogP contribution in [0.1, 0.15) is 17.3 Å². The van der Waals surface area contributed by atoms with Crippen molar-refractivity contribution in [2.24, 2.45) is 0 Å². The molecular formula is C9H11NO3. The van der Waals surface area contributed by atoms with Crippen molar-refractivity contribution in [1.82, 2.24) is 0 Å². The number of phenolic OH excluding ortho intramolecular Hbond substituents is 1. The Hall–Kier alpha value is -1.71. The second kappa shape index (κ2) is 3.35. The van der Waals surface area contributed by atoms with E-state index in [1.807, 2.05) is 0 Å². The Morgan fingerprint density at radius 1 is 1.54 bits per heavy atom. The summed E-state index contributed by atoms with van der Waals surface area (Å²) in [5.41, 5.74) is 6.14. The monoisotopic (exact) mass is 181 g/mol. The molecule has 0 spiro atoms. The van der Waals surface area contributed by atoms with Crippen molar-refractivity contribution in [2.45, 2.75) is 6.92 Å². The lowest BCUT2D eigenvalue weighted by atomic mass is 10.1. The van der Waals surface area contributed by atoms with E-state index in [9.17, 15) is 9.90 Å². The predicted molar refractivity (Wildman–Crippen MR) is 49.1 cm³/mol. The number of benzene rings is 1. The highest BCUT2D eigenvalue weighted by Crippen LogP contribution is 2.30. The molecule has 0 unspecified atom stereocenters. The fraction of sp³-hybridized carbons (Fsp3) is 0.222. The van der Waals surface area contributed by atoms with Crippen molar-refractivity contribution in [1.29, 1.82) is 0 Å². The summed E-state index contributed by atoms with van der Waals surface area (Å²) in [6.07, 6.45) is 0. The fourth-order valence-corrected chi connectivity index (χ4v) is 1.07. The van der Waals surface area contributed by atoms with E-state index in [1.54, 1.807) is 0 Å². The van der Waals surface area contributed by atoms with E-state index in [0.717, 1.165) is 0 Å². The molecule has 3 N–H and O–H groups in total. The molecule has 0 aliphatic heterocycles. The van der Waals surface area contributed by atoms with E-state index in [0.29, 0.717) is 5.75 Å². The summed E-state index contributed by atoms with van der Waals surface area (Å²) in [4.78, 5) is 11.0. The van der Waals surface area contributed by atoms with Crippen molar-refractivity contribution in [2.75, 3.05) is 12.8 Å². The Labute approximate surface area is 75.9 Å². The number of Topliss-reactive ketones (excluding diaryl/α,β-unsaturated/α-hetero) is 1. The Morgan fingerprint density at radius 2 is 2.15 bits per heavy atom. The van der Waals surface area contributed by atoms with Gasteiger partial charge in [0.05, 0.1) is 12.8 Å². The van der Waals surface area contributed by atoms with Crippen LogP contribution in [0.3, 0.4) is 0 Å². The molecule has 0 bridgehead atoms. The zero-order chi connectivity index (χ0) is 10.0. The third kappa shape index (κ3) is 1.72. The van der Waals surface area contributed by atoms with E-state index < -0.39 is 0 Å². The molecule has 70 valence electrons. The quantitative estimate of drug-likeness (QED) is 0.408. The normalized spacial score (nSPS) is 9.69. The molecule has 1 aromatic carbocycles. The predicted octanol–water partition coefficient (Wildman–Crippen LogP) is 1.19. The van der Waals surface area contributed by atoms with Gasteiger partial charge in [0.1, 0.15) is 11.5 Å². The lowest BCUT2D eigenvalue weighted by molar-refractivity contribution is 0.101. The molecular weight excluding hydrogens is 170 g/mol. The van der Waals surface area contributed by atoms with Crippen LogP contribution in [0.2, 0.25) is 0 Å². The van der Waals surface area contributed by atoms with E-state index in [2.05, 4.69) is 0 Å². The summed E-state index contributed by atoms with van der Waals surface area (Å²) >= 11 is 0. The van der Waals surface area contributed by atoms with Gasteiger partial charge in [0.25, 0.3) is 0 Å². The molecule has 0 heterocycles. The van der Waals surface area contributed by atoms with Crippen molar-refractivity contribution in [3.05, 3.63) is 17.7 Å². The van der Waals surface area contributed by atoms with Gasteiger partial charge in [-0.25, -0.2) is 0 Å². The molecule has 4 nitrogen and oxygen atoms in total. The summed E-state index contributed by atoms with van der Waals surface area (Å²) in [7, 11) is 1.43. The van der Waals surface area contributed by atoms with Crippen LogP contribution < -0.4 is 10.5 Å². The average Bonchev–Trinajstić information content (AvgIpc) is 2.08. The summed E-state index contributed by atoms with van der Waals surface area (Å²) in [5, 5.41) is 9.21. The highest BCUT2D eigenvalue weighted by atomic mass is 16.5. The number of nitrogens with two attached hydrogens (primary N) is 1. The molecule has 0 atom stereocenters. The summed E-state index contributed by atoms with van der Waals surface area (Å²) in [6, 6.07) is 2.68. The number of methoxy groups -OCH3 is 1. The lowest BCUT2D eigenvalue weighted by Crippen LogP contribution is -2.01. The van der Waals surface area contributed by atoms with Crippen LogP contribution in [0.25, 0.3) is 0 Å². The third-order valence-electron chi connectivity index (χ3n) is 1.73. The molecule has 1 rings (SSSR count). The first-order valence-corrected chi connectivity index (χ1v) is 3.73. The topological polar surface area (TPSA) is 72.5 Å². The van der Waals surface area contributed by atoms with Gasteiger partial charge in [-0.2, -0.15) is 0 Å². The van der Waals surface area contributed by atoms with E-state index in [4.69, 9.17) is 10.5 Å². The van der Waals surface area contributed by atoms with Crippen LogP contribution in [0, 0.1) is 0 Å². The number of hydrogen-bond acceptors (Lipinski definition) is 4. The number of rotatable bonds is 2. The van der Waals surface area contributed by atoms with Gasteiger partial charge in [0, 0.05) is 11.6 Å². The van der Waals surface area contributed by atoms with Crippen molar-refractivity contribution in [3.63, 3.8) is 0 Å². The second-order valence-electron chi connectivity index (χ2n) is 2.67. The Morgan fingerprint density at radius 3 is 2.62 bits per heavy atom. The summed E-state index contributed by atoms with van der Waals surface area (Å²) in [5.74, 6) is 0.0770. The van der Waals surface area contributed by atoms with Crippen LogP contribution >= 0.6 is 0 Å². The Kier molecular flexibility index (Phi) is 2.41. The standard InChI is InChI=1S/C9H11NO3/c1-5(11)7-3-6(12)4-8(13-2)9(7)10/h3-4,12H,10H2,1-2H3. The average molecular weight is 181 g/mol. The van der Waals surface area contributed by atoms with Crippen molar-refractivity contribution in [3.8, 4) is 11.5 Å². The SMILES string of the molecule is COc1cc(O)cc(C(C)=O)c1N. The number of carbonyl (C=O) groups excluding carboxylic acids is 1.